The lowest BCUT2D eigenvalue weighted by molar-refractivity contribution is -0.141. The zero-order chi connectivity index (χ0) is 18.4. The standard InChI is InChI=1S/C15H22F3N5O2/c1-9(8-25-2)19-14(21-13(24)10-5-3-4-6-10)20-12-7-11(22-23-12)15(16,17)18/h7,9-10H,3-6,8H2,1-2H3,(H3,19,20,21,22,23,24). The van der Waals surface area contributed by atoms with Crippen LogP contribution in [0.5, 0.6) is 0 Å². The third kappa shape index (κ3) is 5.73. The van der Waals surface area contributed by atoms with Crippen LogP contribution in [-0.4, -0.2) is 41.8 Å². The zero-order valence-corrected chi connectivity index (χ0v) is 14.1. The Morgan fingerprint density at radius 2 is 2.16 bits per heavy atom. The second-order valence-corrected chi connectivity index (χ2v) is 6.07. The highest BCUT2D eigenvalue weighted by Crippen LogP contribution is 2.29. The summed E-state index contributed by atoms with van der Waals surface area (Å²) in [6, 6.07) is 0.617. The zero-order valence-electron chi connectivity index (χ0n) is 14.1. The van der Waals surface area contributed by atoms with Crippen LogP contribution < -0.4 is 10.6 Å². The molecule has 1 aliphatic rings. The van der Waals surface area contributed by atoms with Crippen molar-refractivity contribution in [2.75, 3.05) is 19.0 Å². The average Bonchev–Trinajstić information content (AvgIpc) is 3.18. The van der Waals surface area contributed by atoms with E-state index < -0.39 is 11.9 Å². The van der Waals surface area contributed by atoms with Gasteiger partial charge in [0.25, 0.3) is 5.91 Å². The molecule has 1 fully saturated rings. The Hall–Kier alpha value is -2.10. The summed E-state index contributed by atoms with van der Waals surface area (Å²) in [6.45, 7) is 2.14. The monoisotopic (exact) mass is 361 g/mol. The van der Waals surface area contributed by atoms with Crippen molar-refractivity contribution in [2.45, 2.75) is 44.8 Å². The van der Waals surface area contributed by atoms with E-state index in [1.165, 1.54) is 7.11 Å². The van der Waals surface area contributed by atoms with Crippen LogP contribution in [0.1, 0.15) is 38.3 Å². The fourth-order valence-electron chi connectivity index (χ4n) is 2.65. The molecule has 2 rings (SSSR count). The minimum atomic E-state index is -4.53. The van der Waals surface area contributed by atoms with Gasteiger partial charge in [-0.05, 0) is 19.8 Å². The second-order valence-electron chi connectivity index (χ2n) is 6.07. The maximum Gasteiger partial charge on any atom is 0.432 e. The highest BCUT2D eigenvalue weighted by atomic mass is 19.4. The number of amides is 1. The lowest BCUT2D eigenvalue weighted by Gasteiger charge is -2.17. The van der Waals surface area contributed by atoms with E-state index in [9.17, 15) is 18.0 Å². The summed E-state index contributed by atoms with van der Waals surface area (Å²) < 4.78 is 43.0. The van der Waals surface area contributed by atoms with Gasteiger partial charge in [-0.2, -0.15) is 23.3 Å². The number of nitrogens with one attached hydrogen (secondary N) is 3. The normalized spacial score (nSPS) is 17.6. The lowest BCUT2D eigenvalue weighted by Crippen LogP contribution is -2.40. The molecule has 7 nitrogen and oxygen atoms in total. The molecule has 0 saturated heterocycles. The van der Waals surface area contributed by atoms with Crippen LogP contribution in [0, 0.1) is 5.92 Å². The van der Waals surface area contributed by atoms with Gasteiger partial charge >= 0.3 is 6.18 Å². The molecule has 1 heterocycles. The summed E-state index contributed by atoms with van der Waals surface area (Å²) in [5.74, 6) is -0.450. The minimum Gasteiger partial charge on any atom is -0.383 e. The van der Waals surface area contributed by atoms with Crippen LogP contribution in [0.15, 0.2) is 11.1 Å². The molecule has 0 aliphatic heterocycles. The number of nitrogens with zero attached hydrogens (tertiary/aromatic N) is 2. The SMILES string of the molecule is COCC(C)N/C(=N/C(=O)C1CCCC1)Nc1cc(C(F)(F)F)[nH]n1. The Morgan fingerprint density at radius 1 is 1.48 bits per heavy atom. The smallest absolute Gasteiger partial charge is 0.383 e. The molecular weight excluding hydrogens is 339 g/mol. The van der Waals surface area contributed by atoms with Crippen LogP contribution in [-0.2, 0) is 15.7 Å². The minimum absolute atomic E-state index is 0.0571. The highest BCUT2D eigenvalue weighted by molar-refractivity contribution is 6.01. The van der Waals surface area contributed by atoms with E-state index in [0.717, 1.165) is 31.7 Å². The molecule has 1 aromatic heterocycles. The molecule has 1 amide bonds. The molecule has 1 aliphatic carbocycles. The van der Waals surface area contributed by atoms with E-state index in [-0.39, 0.29) is 29.6 Å². The summed E-state index contributed by atoms with van der Waals surface area (Å²) in [4.78, 5) is 16.3. The number of ether oxygens (including phenoxy) is 1. The predicted molar refractivity (Wildman–Crippen MR) is 86.1 cm³/mol. The summed E-state index contributed by atoms with van der Waals surface area (Å²) in [5.41, 5.74) is -0.985. The van der Waals surface area contributed by atoms with Crippen molar-refractivity contribution in [2.24, 2.45) is 10.9 Å². The molecule has 0 spiro atoms. The van der Waals surface area contributed by atoms with E-state index >= 15 is 0 Å². The van der Waals surface area contributed by atoms with Crippen molar-refractivity contribution in [1.29, 1.82) is 0 Å². The molecule has 3 N–H and O–H groups in total. The van der Waals surface area contributed by atoms with E-state index in [4.69, 9.17) is 4.74 Å². The fourth-order valence-corrected chi connectivity index (χ4v) is 2.65. The Kier molecular flexibility index (Phi) is 6.40. The summed E-state index contributed by atoms with van der Waals surface area (Å²) in [6.07, 6.45) is -0.999. The number of guanidine groups is 1. The number of anilines is 1. The van der Waals surface area contributed by atoms with Crippen molar-refractivity contribution in [3.05, 3.63) is 11.8 Å². The number of H-pyrrole nitrogens is 1. The van der Waals surface area contributed by atoms with Crippen LogP contribution in [0.4, 0.5) is 19.0 Å². The van der Waals surface area contributed by atoms with Crippen LogP contribution in [0.2, 0.25) is 0 Å². The molecular formula is C15H22F3N5O2. The summed E-state index contributed by atoms with van der Waals surface area (Å²) in [5, 5.41) is 11.0. The van der Waals surface area contributed by atoms with Gasteiger partial charge in [0, 0.05) is 25.1 Å². The van der Waals surface area contributed by atoms with E-state index in [2.05, 4.69) is 20.7 Å². The van der Waals surface area contributed by atoms with E-state index in [1.807, 2.05) is 5.10 Å². The van der Waals surface area contributed by atoms with Gasteiger partial charge in [-0.3, -0.25) is 9.89 Å². The fraction of sp³-hybridized carbons (Fsp3) is 0.667. The van der Waals surface area contributed by atoms with Crippen molar-refractivity contribution in [3.8, 4) is 0 Å². The molecule has 140 valence electrons. The first-order valence-corrected chi connectivity index (χ1v) is 8.07. The quantitative estimate of drug-likeness (QED) is 0.554. The molecule has 10 heteroatoms. The van der Waals surface area contributed by atoms with Crippen LogP contribution >= 0.6 is 0 Å². The first-order chi connectivity index (χ1) is 11.8. The first-order valence-electron chi connectivity index (χ1n) is 8.07. The van der Waals surface area contributed by atoms with Crippen molar-refractivity contribution < 1.29 is 22.7 Å². The third-order valence-electron chi connectivity index (χ3n) is 3.86. The highest BCUT2D eigenvalue weighted by Gasteiger charge is 2.33. The number of hydrogen-bond donors (Lipinski definition) is 3. The number of rotatable bonds is 5. The lowest BCUT2D eigenvalue weighted by atomic mass is 10.1. The van der Waals surface area contributed by atoms with E-state index in [1.54, 1.807) is 6.92 Å². The molecule has 0 bridgehead atoms. The Balaban J connectivity index is 2.12. The van der Waals surface area contributed by atoms with Gasteiger partial charge in [0.05, 0.1) is 6.61 Å². The van der Waals surface area contributed by atoms with Gasteiger partial charge in [0.2, 0.25) is 5.96 Å². The number of aromatic amines is 1. The largest absolute Gasteiger partial charge is 0.432 e. The van der Waals surface area contributed by atoms with Gasteiger partial charge in [-0.15, -0.1) is 0 Å². The number of halogens is 3. The maximum absolute atomic E-state index is 12.6. The molecule has 0 aromatic carbocycles. The number of carbonyl (C=O) groups excluding carboxylic acids is 1. The first kappa shape index (κ1) is 19.2. The molecule has 25 heavy (non-hydrogen) atoms. The summed E-state index contributed by atoms with van der Waals surface area (Å²) >= 11 is 0. The average molecular weight is 361 g/mol. The molecule has 1 unspecified atom stereocenters. The molecule has 0 radical (unpaired) electrons. The Labute approximate surface area is 143 Å². The van der Waals surface area contributed by atoms with E-state index in [0.29, 0.717) is 6.61 Å². The van der Waals surface area contributed by atoms with Crippen LogP contribution in [0.25, 0.3) is 0 Å². The number of alkyl halides is 3. The van der Waals surface area contributed by atoms with Gasteiger partial charge in [0.1, 0.15) is 5.69 Å². The van der Waals surface area contributed by atoms with Crippen molar-refractivity contribution in [3.63, 3.8) is 0 Å². The Morgan fingerprint density at radius 3 is 2.72 bits per heavy atom. The predicted octanol–water partition coefficient (Wildman–Crippen LogP) is 2.54. The van der Waals surface area contributed by atoms with Gasteiger partial charge in [-0.1, -0.05) is 12.8 Å². The Bertz CT molecular complexity index is 609. The summed E-state index contributed by atoms with van der Waals surface area (Å²) in [7, 11) is 1.52. The topological polar surface area (TPSA) is 91.4 Å². The second kappa shape index (κ2) is 8.32. The molecule has 1 atom stereocenters. The number of methoxy groups -OCH3 is 1. The molecule has 1 saturated carbocycles. The van der Waals surface area contributed by atoms with Gasteiger partial charge < -0.3 is 15.4 Å². The van der Waals surface area contributed by atoms with Gasteiger partial charge in [-0.25, -0.2) is 0 Å². The van der Waals surface area contributed by atoms with Crippen molar-refractivity contribution in [1.82, 2.24) is 15.5 Å². The number of aromatic nitrogens is 2. The third-order valence-corrected chi connectivity index (χ3v) is 3.86. The molecule has 1 aromatic rings. The number of carbonyl (C=O) groups is 1. The number of aliphatic imine (C=N–C) groups is 1. The van der Waals surface area contributed by atoms with Crippen LogP contribution in [0.3, 0.4) is 0 Å². The van der Waals surface area contributed by atoms with Crippen molar-refractivity contribution >= 4 is 17.7 Å². The van der Waals surface area contributed by atoms with Gasteiger partial charge in [0.15, 0.2) is 5.82 Å². The maximum atomic E-state index is 12.6. The number of hydrogen-bond acceptors (Lipinski definition) is 3.